The van der Waals surface area contributed by atoms with E-state index in [2.05, 4.69) is 10.6 Å². The van der Waals surface area contributed by atoms with Crippen LogP contribution in [-0.4, -0.2) is 32.2 Å². The lowest BCUT2D eigenvalue weighted by Gasteiger charge is -2.44. The molecular formula is C25H32F6N2O2. The van der Waals surface area contributed by atoms with Crippen LogP contribution in [0, 0.1) is 23.2 Å². The van der Waals surface area contributed by atoms with Gasteiger partial charge in [0.15, 0.2) is 0 Å². The Labute approximate surface area is 201 Å². The van der Waals surface area contributed by atoms with Crippen LogP contribution < -0.4 is 10.6 Å². The maximum Gasteiger partial charge on any atom is 0.416 e. The largest absolute Gasteiger partial charge is 0.416 e. The molecule has 4 rings (SSSR count). The molecule has 0 bridgehead atoms. The fourth-order valence-corrected chi connectivity index (χ4v) is 5.94. The summed E-state index contributed by atoms with van der Waals surface area (Å²) in [5.74, 6) is 0.676. The summed E-state index contributed by atoms with van der Waals surface area (Å²) in [6.45, 7) is 2.00. The van der Waals surface area contributed by atoms with Gasteiger partial charge in [-0.05, 0) is 73.7 Å². The van der Waals surface area contributed by atoms with E-state index < -0.39 is 35.4 Å². The van der Waals surface area contributed by atoms with Gasteiger partial charge < -0.3 is 15.4 Å². The lowest BCUT2D eigenvalue weighted by molar-refractivity contribution is -0.143. The van der Waals surface area contributed by atoms with Crippen molar-refractivity contribution in [3.8, 4) is 0 Å². The minimum absolute atomic E-state index is 0.0962. The van der Waals surface area contributed by atoms with Crippen LogP contribution in [0.3, 0.4) is 0 Å². The highest BCUT2D eigenvalue weighted by Gasteiger charge is 2.51. The van der Waals surface area contributed by atoms with Crippen molar-refractivity contribution in [2.24, 2.45) is 23.2 Å². The third kappa shape index (κ3) is 5.96. The molecule has 0 spiro atoms. The molecular weight excluding hydrogens is 474 g/mol. The van der Waals surface area contributed by atoms with Crippen molar-refractivity contribution in [2.75, 3.05) is 26.3 Å². The summed E-state index contributed by atoms with van der Waals surface area (Å²) in [6.07, 6.45) is -3.17. The molecule has 1 saturated carbocycles. The molecule has 2 heterocycles. The third-order valence-corrected chi connectivity index (χ3v) is 8.10. The number of ether oxygens (including phenoxy) is 1. The van der Waals surface area contributed by atoms with Crippen molar-refractivity contribution in [3.63, 3.8) is 0 Å². The smallest absolute Gasteiger partial charge is 0.381 e. The lowest BCUT2D eigenvalue weighted by Crippen LogP contribution is -2.51. The van der Waals surface area contributed by atoms with Crippen LogP contribution in [0.5, 0.6) is 0 Å². The lowest BCUT2D eigenvalue weighted by atomic mass is 9.61. The molecule has 3 fully saturated rings. The second-order valence-corrected chi connectivity index (χ2v) is 10.3. The fourth-order valence-electron chi connectivity index (χ4n) is 5.94. The van der Waals surface area contributed by atoms with E-state index in [9.17, 15) is 31.1 Å². The minimum atomic E-state index is -4.92. The SMILES string of the molecule is O=C(NCc1cc(C(F)(F)F)cc(C(F)(F)F)c1)C1(C(CC2CCC2)C2CCOCC2)CCNC1. The summed E-state index contributed by atoms with van der Waals surface area (Å²) in [6, 6.07) is 1.46. The normalized spacial score (nSPS) is 25.3. The first kappa shape index (κ1) is 26.3. The van der Waals surface area contributed by atoms with Gasteiger partial charge in [-0.1, -0.05) is 19.3 Å². The van der Waals surface area contributed by atoms with Crippen LogP contribution in [0.2, 0.25) is 0 Å². The molecule has 196 valence electrons. The first-order valence-electron chi connectivity index (χ1n) is 12.3. The van der Waals surface area contributed by atoms with Gasteiger partial charge in [0.25, 0.3) is 0 Å². The molecule has 0 aromatic heterocycles. The summed E-state index contributed by atoms with van der Waals surface area (Å²) in [4.78, 5) is 13.6. The number of carbonyl (C=O) groups is 1. The zero-order valence-corrected chi connectivity index (χ0v) is 19.5. The van der Waals surface area contributed by atoms with Crippen LogP contribution in [0.4, 0.5) is 26.3 Å². The summed E-state index contributed by atoms with van der Waals surface area (Å²) in [5.41, 5.74) is -3.70. The predicted molar refractivity (Wildman–Crippen MR) is 117 cm³/mol. The second kappa shape index (κ2) is 10.3. The van der Waals surface area contributed by atoms with E-state index in [1.54, 1.807) is 0 Å². The minimum Gasteiger partial charge on any atom is -0.381 e. The molecule has 35 heavy (non-hydrogen) atoms. The molecule has 4 nitrogen and oxygen atoms in total. The van der Waals surface area contributed by atoms with E-state index in [0.717, 1.165) is 32.1 Å². The average molecular weight is 507 g/mol. The molecule has 2 aliphatic heterocycles. The van der Waals surface area contributed by atoms with Crippen molar-refractivity contribution < 1.29 is 35.9 Å². The molecule has 1 aromatic carbocycles. The number of amides is 1. The van der Waals surface area contributed by atoms with Gasteiger partial charge in [-0.2, -0.15) is 26.3 Å². The predicted octanol–water partition coefficient (Wildman–Crippen LogP) is 5.55. The van der Waals surface area contributed by atoms with Crippen LogP contribution in [0.15, 0.2) is 18.2 Å². The van der Waals surface area contributed by atoms with Crippen molar-refractivity contribution >= 4 is 5.91 Å². The standard InChI is InChI=1S/C25H32F6N2O2/c26-24(27,28)19-10-17(11-20(13-19)25(29,30)31)14-33-22(34)23(6-7-32-15-23)21(12-16-2-1-3-16)18-4-8-35-9-5-18/h10-11,13,16,18,21,32H,1-9,12,14-15H2,(H,33,34). The molecule has 1 aromatic rings. The number of rotatable bonds is 7. The van der Waals surface area contributed by atoms with Crippen molar-refractivity contribution in [1.82, 2.24) is 10.6 Å². The van der Waals surface area contributed by atoms with E-state index in [0.29, 0.717) is 56.7 Å². The molecule has 1 aliphatic carbocycles. The Balaban J connectivity index is 1.56. The maximum atomic E-state index is 13.6. The van der Waals surface area contributed by atoms with Crippen LogP contribution in [0.1, 0.15) is 61.6 Å². The van der Waals surface area contributed by atoms with Crippen LogP contribution in [-0.2, 0) is 28.4 Å². The Morgan fingerprint density at radius 3 is 2.14 bits per heavy atom. The molecule has 2 saturated heterocycles. The van der Waals surface area contributed by atoms with Crippen molar-refractivity contribution in [1.29, 1.82) is 0 Å². The zero-order valence-electron chi connectivity index (χ0n) is 19.5. The van der Waals surface area contributed by atoms with Gasteiger partial charge in [0.1, 0.15) is 0 Å². The van der Waals surface area contributed by atoms with Crippen molar-refractivity contribution in [2.45, 2.75) is 63.8 Å². The first-order chi connectivity index (χ1) is 16.5. The van der Waals surface area contributed by atoms with E-state index in [-0.39, 0.29) is 23.5 Å². The first-order valence-corrected chi connectivity index (χ1v) is 12.3. The number of alkyl halides is 6. The molecule has 2 unspecified atom stereocenters. The van der Waals surface area contributed by atoms with Gasteiger partial charge in [0, 0.05) is 26.3 Å². The number of nitrogens with one attached hydrogen (secondary N) is 2. The van der Waals surface area contributed by atoms with E-state index in [1.165, 1.54) is 6.42 Å². The Hall–Kier alpha value is -1.81. The molecule has 2 atom stereocenters. The molecule has 1 amide bonds. The quantitative estimate of drug-likeness (QED) is 0.477. The highest BCUT2D eigenvalue weighted by molar-refractivity contribution is 5.83. The highest BCUT2D eigenvalue weighted by Crippen LogP contribution is 2.48. The van der Waals surface area contributed by atoms with Crippen LogP contribution in [0.25, 0.3) is 0 Å². The van der Waals surface area contributed by atoms with E-state index in [4.69, 9.17) is 4.74 Å². The van der Waals surface area contributed by atoms with Crippen LogP contribution >= 0.6 is 0 Å². The summed E-state index contributed by atoms with van der Waals surface area (Å²) < 4.78 is 85.0. The van der Waals surface area contributed by atoms with Gasteiger partial charge in [-0.15, -0.1) is 0 Å². The monoisotopic (exact) mass is 506 g/mol. The Kier molecular flexibility index (Phi) is 7.71. The maximum absolute atomic E-state index is 13.6. The second-order valence-electron chi connectivity index (χ2n) is 10.3. The number of carbonyl (C=O) groups excluding carboxylic acids is 1. The number of hydrogen-bond acceptors (Lipinski definition) is 3. The van der Waals surface area contributed by atoms with Gasteiger partial charge in [0.2, 0.25) is 5.91 Å². The summed E-state index contributed by atoms with van der Waals surface area (Å²) in [5, 5.41) is 6.01. The Bertz CT molecular complexity index is 853. The summed E-state index contributed by atoms with van der Waals surface area (Å²) in [7, 11) is 0. The van der Waals surface area contributed by atoms with Gasteiger partial charge >= 0.3 is 12.4 Å². The number of hydrogen-bond donors (Lipinski definition) is 2. The Morgan fingerprint density at radius 1 is 1.03 bits per heavy atom. The topological polar surface area (TPSA) is 50.4 Å². The van der Waals surface area contributed by atoms with Crippen molar-refractivity contribution in [3.05, 3.63) is 34.9 Å². The fraction of sp³-hybridized carbons (Fsp3) is 0.720. The molecule has 0 radical (unpaired) electrons. The van der Waals surface area contributed by atoms with E-state index >= 15 is 0 Å². The van der Waals surface area contributed by atoms with Gasteiger partial charge in [0.05, 0.1) is 16.5 Å². The highest BCUT2D eigenvalue weighted by atomic mass is 19.4. The number of benzene rings is 1. The number of halogens is 6. The van der Waals surface area contributed by atoms with Gasteiger partial charge in [-0.25, -0.2) is 0 Å². The zero-order chi connectivity index (χ0) is 25.3. The molecule has 2 N–H and O–H groups in total. The molecule has 3 aliphatic rings. The summed E-state index contributed by atoms with van der Waals surface area (Å²) >= 11 is 0. The third-order valence-electron chi connectivity index (χ3n) is 8.10. The van der Waals surface area contributed by atoms with E-state index in [1.807, 2.05) is 0 Å². The Morgan fingerprint density at radius 2 is 1.66 bits per heavy atom. The molecule has 10 heteroatoms. The average Bonchev–Trinajstić information content (AvgIpc) is 3.27. The van der Waals surface area contributed by atoms with Gasteiger partial charge in [-0.3, -0.25) is 4.79 Å².